The van der Waals surface area contributed by atoms with E-state index in [1.54, 1.807) is 66.7 Å². The normalized spacial score (nSPS) is 12.5. The lowest BCUT2D eigenvalue weighted by atomic mass is 10.1. The zero-order valence-corrected chi connectivity index (χ0v) is 41.6. The van der Waals surface area contributed by atoms with Crippen LogP contribution in [0.1, 0.15) is 13.8 Å². The van der Waals surface area contributed by atoms with Gasteiger partial charge in [0, 0.05) is 29.3 Å². The summed E-state index contributed by atoms with van der Waals surface area (Å²) in [5.74, 6) is 1.24. The number of thiophene rings is 1. The van der Waals surface area contributed by atoms with Crippen LogP contribution >= 0.6 is 22.9 Å². The largest absolute Gasteiger partial charge is 0.491 e. The van der Waals surface area contributed by atoms with Crippen molar-refractivity contribution in [1.29, 1.82) is 0 Å². The van der Waals surface area contributed by atoms with Gasteiger partial charge in [0.2, 0.25) is 0 Å². The average Bonchev–Trinajstić information content (AvgIpc) is 3.79. The number of fused-ring (bicyclic) bond motifs is 4. The zero-order valence-electron chi connectivity index (χ0n) is 37.5. The maximum absolute atomic E-state index is 12.8. The number of ether oxygens (including phenoxy) is 2. The molecule has 2 heterocycles. The van der Waals surface area contributed by atoms with Crippen LogP contribution in [0.3, 0.4) is 0 Å². The first-order chi connectivity index (χ1) is 33.1. The third-order valence-electron chi connectivity index (χ3n) is 10.8. The molecule has 1 aromatic heterocycles. The highest BCUT2D eigenvalue weighted by Crippen LogP contribution is 2.35. The molecule has 9 aromatic rings. The molecule has 8 aromatic carbocycles. The number of benzene rings is 8. The van der Waals surface area contributed by atoms with E-state index in [9.17, 15) is 25.3 Å². The topological polar surface area (TPSA) is 160 Å². The van der Waals surface area contributed by atoms with E-state index in [-0.39, 0.29) is 20.1 Å². The SMILES string of the molecule is CC(C)Oc1ccc(S(=O)(=O)Nc2cccc3ccccc23)cc1.CN1CCOc2cc(S(=O)(=O)Nc3cccc4ccccc34)ccc21.O=S(=O)(Nc1cccc2ccccc12)c1ccc(Cl)s1. The van der Waals surface area contributed by atoms with Crippen molar-refractivity contribution in [1.82, 2.24) is 0 Å². The van der Waals surface area contributed by atoms with E-state index in [0.29, 0.717) is 39.5 Å². The minimum absolute atomic E-state index is 0.0428. The van der Waals surface area contributed by atoms with Gasteiger partial charge in [-0.15, -0.1) is 11.3 Å². The predicted octanol–water partition coefficient (Wildman–Crippen LogP) is 12.3. The number of nitrogens with zero attached hydrogens (tertiary/aromatic N) is 1. The lowest BCUT2D eigenvalue weighted by Gasteiger charge is -2.27. The summed E-state index contributed by atoms with van der Waals surface area (Å²) < 4.78 is 95.3. The highest BCUT2D eigenvalue weighted by Gasteiger charge is 2.22. The Balaban J connectivity index is 0.000000140. The van der Waals surface area contributed by atoms with Gasteiger partial charge >= 0.3 is 0 Å². The molecular weight excluding hydrogens is 972 g/mol. The smallest absolute Gasteiger partial charge is 0.271 e. The third kappa shape index (κ3) is 11.7. The zero-order chi connectivity index (χ0) is 48.8. The van der Waals surface area contributed by atoms with Gasteiger partial charge in [0.25, 0.3) is 30.1 Å². The molecule has 0 aliphatic carbocycles. The van der Waals surface area contributed by atoms with Crippen LogP contribution in [-0.4, -0.2) is 51.6 Å². The van der Waals surface area contributed by atoms with E-state index in [4.69, 9.17) is 21.1 Å². The number of anilines is 4. The number of hydrogen-bond donors (Lipinski definition) is 3. The fourth-order valence-electron chi connectivity index (χ4n) is 7.46. The maximum atomic E-state index is 12.8. The van der Waals surface area contributed by atoms with Crippen molar-refractivity contribution in [2.75, 3.05) is 39.3 Å². The molecule has 12 nitrogen and oxygen atoms in total. The average molecular weight is 1020 g/mol. The van der Waals surface area contributed by atoms with Crippen LogP contribution < -0.4 is 28.5 Å². The van der Waals surface area contributed by atoms with Crippen LogP contribution in [0.2, 0.25) is 4.34 Å². The van der Waals surface area contributed by atoms with E-state index in [0.717, 1.165) is 55.9 Å². The van der Waals surface area contributed by atoms with Gasteiger partial charge in [-0.2, -0.15) is 0 Å². The van der Waals surface area contributed by atoms with Crippen LogP contribution in [0.25, 0.3) is 32.3 Å². The summed E-state index contributed by atoms with van der Waals surface area (Å²) in [4.78, 5) is 2.44. The molecule has 0 fully saturated rings. The van der Waals surface area contributed by atoms with Crippen molar-refractivity contribution < 1.29 is 34.7 Å². The molecule has 0 spiro atoms. The van der Waals surface area contributed by atoms with Gasteiger partial charge in [0.05, 0.1) is 49.5 Å². The van der Waals surface area contributed by atoms with E-state index in [2.05, 4.69) is 14.2 Å². The Hall–Kier alpha value is -6.82. The molecule has 17 heteroatoms. The van der Waals surface area contributed by atoms with Gasteiger partial charge in [-0.1, -0.05) is 121 Å². The lowest BCUT2D eigenvalue weighted by molar-refractivity contribution is 0.242. The number of rotatable bonds is 11. The number of sulfonamides is 3. The molecule has 0 bridgehead atoms. The van der Waals surface area contributed by atoms with Gasteiger partial charge in [0.1, 0.15) is 22.3 Å². The molecule has 0 unspecified atom stereocenters. The molecule has 1 aliphatic heterocycles. The molecule has 354 valence electrons. The summed E-state index contributed by atoms with van der Waals surface area (Å²) in [6.07, 6.45) is 0.0428. The predicted molar refractivity (Wildman–Crippen MR) is 281 cm³/mol. The van der Waals surface area contributed by atoms with Gasteiger partial charge < -0.3 is 14.4 Å². The minimum atomic E-state index is -3.70. The second-order valence-electron chi connectivity index (χ2n) is 16.0. The first-order valence-electron chi connectivity index (χ1n) is 21.6. The highest BCUT2D eigenvalue weighted by molar-refractivity contribution is 7.94. The third-order valence-corrected chi connectivity index (χ3v) is 16.6. The number of likely N-dealkylation sites (N-methyl/N-ethyl adjacent to an activating group) is 1. The second kappa shape index (κ2) is 20.8. The Labute approximate surface area is 411 Å². The molecule has 0 atom stereocenters. The molecule has 10 rings (SSSR count). The second-order valence-corrected chi connectivity index (χ2v) is 23.0. The van der Waals surface area contributed by atoms with Crippen molar-refractivity contribution in [2.24, 2.45) is 0 Å². The standard InChI is InChI=1S/C19H18N2O3S.C19H19NO3S.C14H10ClNO2S2/c1-21-11-12-24-19-13-15(9-10-18(19)21)25(22,23)20-17-8-4-6-14-5-2-3-7-16(14)17;1-14(2)23-16-10-12-17(13-11-16)24(21,22)20-19-9-5-7-15-6-3-4-8-18(15)19;15-13-8-9-14(19-13)20(17,18)16-12-7-3-5-10-4-1-2-6-11(10)12/h2-10,13,20H,11-12H2,1H3;3-14,20H,1-2H3;1-9,16H. The summed E-state index contributed by atoms with van der Waals surface area (Å²) in [5, 5.41) is 5.54. The molecule has 0 saturated carbocycles. The molecule has 0 saturated heterocycles. The van der Waals surface area contributed by atoms with Crippen molar-refractivity contribution in [2.45, 2.75) is 34.0 Å². The maximum Gasteiger partial charge on any atom is 0.271 e. The van der Waals surface area contributed by atoms with Crippen LogP contribution in [0.4, 0.5) is 22.7 Å². The monoisotopic (exact) mass is 1020 g/mol. The minimum Gasteiger partial charge on any atom is -0.491 e. The molecular formula is C52H47ClN4O8S4. The van der Waals surface area contributed by atoms with Crippen LogP contribution in [0.5, 0.6) is 11.5 Å². The van der Waals surface area contributed by atoms with Gasteiger partial charge in [-0.05, 0) is 96.7 Å². The molecule has 0 radical (unpaired) electrons. The van der Waals surface area contributed by atoms with Crippen molar-refractivity contribution in [3.8, 4) is 11.5 Å². The molecule has 0 amide bonds. The summed E-state index contributed by atoms with van der Waals surface area (Å²) >= 11 is 6.83. The van der Waals surface area contributed by atoms with Gasteiger partial charge in [-0.25, -0.2) is 25.3 Å². The first-order valence-corrected chi connectivity index (χ1v) is 27.2. The van der Waals surface area contributed by atoms with Crippen molar-refractivity contribution in [3.63, 3.8) is 0 Å². The Morgan fingerprint density at radius 3 is 1.48 bits per heavy atom. The van der Waals surface area contributed by atoms with E-state index >= 15 is 0 Å². The van der Waals surface area contributed by atoms with Crippen molar-refractivity contribution in [3.05, 3.63) is 186 Å². The summed E-state index contributed by atoms with van der Waals surface area (Å²) in [7, 11) is -9.00. The molecule has 1 aliphatic rings. The van der Waals surface area contributed by atoms with Gasteiger partial charge in [0.15, 0.2) is 0 Å². The number of hydrogen-bond acceptors (Lipinski definition) is 10. The van der Waals surface area contributed by atoms with E-state index in [1.165, 1.54) is 6.07 Å². The quantitative estimate of drug-likeness (QED) is 0.115. The fraction of sp³-hybridized carbons (Fsp3) is 0.115. The summed E-state index contributed by atoms with van der Waals surface area (Å²) in [5.41, 5.74) is 2.59. The van der Waals surface area contributed by atoms with Crippen LogP contribution in [0.15, 0.2) is 196 Å². The Kier molecular flexibility index (Phi) is 14.7. The Morgan fingerprint density at radius 2 is 1.00 bits per heavy atom. The first kappa shape index (κ1) is 48.6. The van der Waals surface area contributed by atoms with Gasteiger partial charge in [-0.3, -0.25) is 14.2 Å². The lowest BCUT2D eigenvalue weighted by Crippen LogP contribution is -2.29. The number of halogens is 1. The molecule has 69 heavy (non-hydrogen) atoms. The fourth-order valence-corrected chi connectivity index (χ4v) is 12.2. The van der Waals surface area contributed by atoms with E-state index in [1.807, 2.05) is 135 Å². The molecule has 3 N–H and O–H groups in total. The van der Waals surface area contributed by atoms with Crippen molar-refractivity contribution >= 4 is 108 Å². The Bertz CT molecular complexity index is 3610. The van der Waals surface area contributed by atoms with E-state index < -0.39 is 30.1 Å². The summed E-state index contributed by atoms with van der Waals surface area (Å²) in [6, 6.07) is 54.0. The Morgan fingerprint density at radius 1 is 0.551 bits per heavy atom. The van der Waals surface area contributed by atoms with Crippen LogP contribution in [-0.2, 0) is 30.1 Å². The highest BCUT2D eigenvalue weighted by atomic mass is 35.5. The summed E-state index contributed by atoms with van der Waals surface area (Å²) in [6.45, 7) is 5.18. The van der Waals surface area contributed by atoms with Crippen LogP contribution in [0, 0.1) is 0 Å². The number of nitrogens with one attached hydrogen (secondary N) is 3.